The van der Waals surface area contributed by atoms with Gasteiger partial charge in [-0.05, 0) is 90.6 Å². The highest BCUT2D eigenvalue weighted by Crippen LogP contribution is 2.40. The van der Waals surface area contributed by atoms with Crippen molar-refractivity contribution in [3.05, 3.63) is 194 Å². The molecule has 0 fully saturated rings. The molecule has 10 aromatic carbocycles. The molecule has 0 unspecified atom stereocenters. The standard InChI is InChI=1S/C54H32N4O/c1-3-10-33(11-4-1)38-21-22-40-31-42(25-23-39(40)30-38)51-56-52(58-53(57-51)46-17-9-15-34-12-7-8-16-44(34)46)43-26-28-45-41(32-43)24-20-35-18-19-36-27-29-47-50(49(36)48(35)45)59-54(55-47)37-13-5-2-6-14-37/h1-32H. The molecule has 0 N–H and O–H groups in total. The number of rotatable bonds is 5. The lowest BCUT2D eigenvalue weighted by Gasteiger charge is -2.12. The summed E-state index contributed by atoms with van der Waals surface area (Å²) >= 11 is 0. The summed E-state index contributed by atoms with van der Waals surface area (Å²) in [7, 11) is 0. The van der Waals surface area contributed by atoms with Crippen LogP contribution in [0.4, 0.5) is 0 Å². The fourth-order valence-electron chi connectivity index (χ4n) is 8.56. The molecule has 2 aromatic heterocycles. The van der Waals surface area contributed by atoms with Crippen LogP contribution in [0.5, 0.6) is 0 Å². The number of aromatic nitrogens is 4. The molecule has 0 aliphatic carbocycles. The van der Waals surface area contributed by atoms with Crippen LogP contribution in [0.15, 0.2) is 199 Å². The number of fused-ring (bicyclic) bond motifs is 9. The first-order chi connectivity index (χ1) is 29.2. The first-order valence-corrected chi connectivity index (χ1v) is 19.8. The van der Waals surface area contributed by atoms with E-state index in [1.807, 2.05) is 42.5 Å². The van der Waals surface area contributed by atoms with Gasteiger partial charge in [-0.1, -0.05) is 158 Å². The van der Waals surface area contributed by atoms with E-state index in [0.29, 0.717) is 23.4 Å². The van der Waals surface area contributed by atoms with Gasteiger partial charge in [0, 0.05) is 33.0 Å². The maximum Gasteiger partial charge on any atom is 0.227 e. The monoisotopic (exact) mass is 752 g/mol. The Labute approximate surface area is 338 Å². The van der Waals surface area contributed by atoms with Crippen molar-refractivity contribution in [3.63, 3.8) is 0 Å². The average Bonchev–Trinajstić information content (AvgIpc) is 3.76. The van der Waals surface area contributed by atoms with Crippen LogP contribution in [0.25, 0.3) is 122 Å². The average molecular weight is 753 g/mol. The molecule has 5 heteroatoms. The molecule has 0 spiro atoms. The van der Waals surface area contributed by atoms with Crippen molar-refractivity contribution in [3.8, 4) is 56.7 Å². The second-order valence-electron chi connectivity index (χ2n) is 15.0. The Balaban J connectivity index is 1.03. The zero-order chi connectivity index (χ0) is 38.9. The molecule has 5 nitrogen and oxygen atoms in total. The zero-order valence-corrected chi connectivity index (χ0v) is 31.7. The van der Waals surface area contributed by atoms with E-state index in [4.69, 9.17) is 24.4 Å². The Morgan fingerprint density at radius 2 is 0.864 bits per heavy atom. The fraction of sp³-hybridized carbons (Fsp3) is 0. The van der Waals surface area contributed by atoms with E-state index in [1.54, 1.807) is 0 Å². The van der Waals surface area contributed by atoms with Crippen molar-refractivity contribution in [2.45, 2.75) is 0 Å². The first-order valence-electron chi connectivity index (χ1n) is 19.8. The lowest BCUT2D eigenvalue weighted by atomic mass is 9.95. The summed E-state index contributed by atoms with van der Waals surface area (Å²) in [6.07, 6.45) is 0. The van der Waals surface area contributed by atoms with Crippen LogP contribution in [0, 0.1) is 0 Å². The Bertz CT molecular complexity index is 3610. The van der Waals surface area contributed by atoms with Crippen LogP contribution < -0.4 is 0 Å². The number of benzene rings is 10. The van der Waals surface area contributed by atoms with Gasteiger partial charge < -0.3 is 4.42 Å². The molecular weight excluding hydrogens is 721 g/mol. The smallest absolute Gasteiger partial charge is 0.227 e. The topological polar surface area (TPSA) is 64.7 Å². The Kier molecular flexibility index (Phi) is 7.47. The van der Waals surface area contributed by atoms with Crippen molar-refractivity contribution in [2.24, 2.45) is 0 Å². The van der Waals surface area contributed by atoms with Gasteiger partial charge in [-0.2, -0.15) is 0 Å². The summed E-state index contributed by atoms with van der Waals surface area (Å²) in [6.45, 7) is 0. The van der Waals surface area contributed by atoms with Crippen molar-refractivity contribution < 1.29 is 4.42 Å². The highest BCUT2D eigenvalue weighted by Gasteiger charge is 2.18. The van der Waals surface area contributed by atoms with E-state index in [-0.39, 0.29) is 0 Å². The molecule has 0 radical (unpaired) electrons. The highest BCUT2D eigenvalue weighted by molar-refractivity contribution is 6.26. The van der Waals surface area contributed by atoms with Crippen LogP contribution in [-0.2, 0) is 0 Å². The summed E-state index contributed by atoms with van der Waals surface area (Å²) in [6, 6.07) is 67.7. The van der Waals surface area contributed by atoms with Crippen LogP contribution >= 0.6 is 0 Å². The molecule has 274 valence electrons. The van der Waals surface area contributed by atoms with Gasteiger partial charge in [0.15, 0.2) is 23.1 Å². The van der Waals surface area contributed by atoms with Gasteiger partial charge in [-0.15, -0.1) is 0 Å². The summed E-state index contributed by atoms with van der Waals surface area (Å²) in [5.74, 6) is 2.48. The van der Waals surface area contributed by atoms with E-state index in [0.717, 1.165) is 87.2 Å². The second kappa shape index (κ2) is 13.3. The third kappa shape index (κ3) is 5.63. The van der Waals surface area contributed by atoms with Gasteiger partial charge in [-0.25, -0.2) is 19.9 Å². The maximum absolute atomic E-state index is 6.57. The Morgan fingerprint density at radius 3 is 1.64 bits per heavy atom. The molecule has 0 aliphatic rings. The number of oxazole rings is 1. The van der Waals surface area contributed by atoms with Crippen LogP contribution in [0.2, 0.25) is 0 Å². The quantitative estimate of drug-likeness (QED) is 0.164. The molecule has 0 bridgehead atoms. The number of hydrogen-bond acceptors (Lipinski definition) is 5. The minimum absolute atomic E-state index is 0.613. The molecule has 0 saturated heterocycles. The summed E-state index contributed by atoms with van der Waals surface area (Å²) in [4.78, 5) is 20.5. The van der Waals surface area contributed by atoms with Crippen LogP contribution in [0.3, 0.4) is 0 Å². The van der Waals surface area contributed by atoms with Crippen molar-refractivity contribution in [1.82, 2.24) is 19.9 Å². The highest BCUT2D eigenvalue weighted by atomic mass is 16.3. The molecule has 12 rings (SSSR count). The zero-order valence-electron chi connectivity index (χ0n) is 31.7. The fourth-order valence-corrected chi connectivity index (χ4v) is 8.56. The Hall–Kier alpha value is -8.02. The normalized spacial score (nSPS) is 11.7. The van der Waals surface area contributed by atoms with E-state index < -0.39 is 0 Å². The van der Waals surface area contributed by atoms with Gasteiger partial charge in [0.2, 0.25) is 5.89 Å². The van der Waals surface area contributed by atoms with E-state index in [1.165, 1.54) is 11.1 Å². The van der Waals surface area contributed by atoms with Gasteiger partial charge in [-0.3, -0.25) is 0 Å². The van der Waals surface area contributed by atoms with Crippen LogP contribution in [0.1, 0.15) is 0 Å². The lowest BCUT2D eigenvalue weighted by molar-refractivity contribution is 0.623. The molecular formula is C54H32N4O. The molecule has 0 aliphatic heterocycles. The minimum atomic E-state index is 0.613. The van der Waals surface area contributed by atoms with Crippen LogP contribution in [-0.4, -0.2) is 19.9 Å². The number of nitrogens with zero attached hydrogens (tertiary/aromatic N) is 4. The Morgan fingerprint density at radius 1 is 0.305 bits per heavy atom. The molecule has 12 aromatic rings. The largest absolute Gasteiger partial charge is 0.435 e. The molecule has 0 atom stereocenters. The van der Waals surface area contributed by atoms with E-state index in [2.05, 4.69) is 152 Å². The lowest BCUT2D eigenvalue weighted by Crippen LogP contribution is -2.00. The van der Waals surface area contributed by atoms with Crippen molar-refractivity contribution >= 4 is 65.0 Å². The van der Waals surface area contributed by atoms with Crippen molar-refractivity contribution in [1.29, 1.82) is 0 Å². The van der Waals surface area contributed by atoms with Crippen molar-refractivity contribution in [2.75, 3.05) is 0 Å². The molecule has 0 amide bonds. The van der Waals surface area contributed by atoms with Gasteiger partial charge in [0.1, 0.15) is 5.52 Å². The van der Waals surface area contributed by atoms with Gasteiger partial charge >= 0.3 is 0 Å². The summed E-state index contributed by atoms with van der Waals surface area (Å²) in [5.41, 5.74) is 7.76. The third-order valence-corrected chi connectivity index (χ3v) is 11.5. The SMILES string of the molecule is c1ccc(-c2ccc3cc(-c4nc(-c5ccc6c(ccc7ccc8ccc9nc(-c%10ccccc%10)oc9c8c76)c5)nc(-c5cccc6ccccc56)n4)ccc3c2)cc1. The first kappa shape index (κ1) is 33.2. The molecule has 59 heavy (non-hydrogen) atoms. The molecule has 2 heterocycles. The van der Waals surface area contributed by atoms with E-state index in [9.17, 15) is 0 Å². The minimum Gasteiger partial charge on any atom is -0.435 e. The molecule has 0 saturated carbocycles. The summed E-state index contributed by atoms with van der Waals surface area (Å²) in [5, 5.41) is 11.1. The van der Waals surface area contributed by atoms with E-state index >= 15 is 0 Å². The predicted octanol–water partition coefficient (Wildman–Crippen LogP) is 14.1. The number of hydrogen-bond donors (Lipinski definition) is 0. The predicted molar refractivity (Wildman–Crippen MR) is 242 cm³/mol. The summed E-state index contributed by atoms with van der Waals surface area (Å²) < 4.78 is 6.57. The van der Waals surface area contributed by atoms with Gasteiger partial charge in [0.05, 0.1) is 0 Å². The third-order valence-electron chi connectivity index (χ3n) is 11.5. The second-order valence-corrected chi connectivity index (χ2v) is 15.0. The van der Waals surface area contributed by atoms with Gasteiger partial charge in [0.25, 0.3) is 0 Å². The maximum atomic E-state index is 6.57.